The summed E-state index contributed by atoms with van der Waals surface area (Å²) in [6.45, 7) is 5.85. The SMILES string of the molecule is COC(=O)C(NCc1ccccc1NC(C)=O)C(C)C. The van der Waals surface area contributed by atoms with Gasteiger partial charge >= 0.3 is 5.97 Å². The van der Waals surface area contributed by atoms with Crippen molar-refractivity contribution in [3.05, 3.63) is 29.8 Å². The number of methoxy groups -OCH3 is 1. The van der Waals surface area contributed by atoms with Crippen molar-refractivity contribution in [2.75, 3.05) is 12.4 Å². The maximum atomic E-state index is 11.7. The van der Waals surface area contributed by atoms with Gasteiger partial charge < -0.3 is 10.1 Å². The van der Waals surface area contributed by atoms with Crippen LogP contribution in [-0.2, 0) is 20.9 Å². The van der Waals surface area contributed by atoms with Gasteiger partial charge in [0.1, 0.15) is 6.04 Å². The van der Waals surface area contributed by atoms with E-state index >= 15 is 0 Å². The Balaban J connectivity index is 2.77. The predicted octanol–water partition coefficient (Wildman–Crippen LogP) is 1.93. The summed E-state index contributed by atoms with van der Waals surface area (Å²) in [7, 11) is 1.38. The van der Waals surface area contributed by atoms with Crippen LogP contribution in [0.1, 0.15) is 26.3 Å². The van der Waals surface area contributed by atoms with Gasteiger partial charge in [-0.2, -0.15) is 0 Å². The number of anilines is 1. The van der Waals surface area contributed by atoms with Crippen LogP contribution in [0.3, 0.4) is 0 Å². The lowest BCUT2D eigenvalue weighted by atomic mass is 10.0. The minimum absolute atomic E-state index is 0.120. The molecule has 0 fully saturated rings. The van der Waals surface area contributed by atoms with E-state index in [-0.39, 0.29) is 23.8 Å². The first-order valence-electron chi connectivity index (χ1n) is 6.62. The first-order valence-corrected chi connectivity index (χ1v) is 6.62. The molecule has 1 aromatic carbocycles. The first-order chi connectivity index (χ1) is 9.45. The molecular formula is C15H22N2O3. The van der Waals surface area contributed by atoms with Crippen molar-refractivity contribution in [1.29, 1.82) is 0 Å². The third-order valence-corrected chi connectivity index (χ3v) is 2.96. The molecular weight excluding hydrogens is 256 g/mol. The number of nitrogens with one attached hydrogen (secondary N) is 2. The van der Waals surface area contributed by atoms with Gasteiger partial charge in [0.15, 0.2) is 0 Å². The summed E-state index contributed by atoms with van der Waals surface area (Å²) in [6.07, 6.45) is 0. The fourth-order valence-corrected chi connectivity index (χ4v) is 1.92. The Bertz CT molecular complexity index is 472. The number of amides is 1. The summed E-state index contributed by atoms with van der Waals surface area (Å²) in [4.78, 5) is 22.8. The van der Waals surface area contributed by atoms with Crippen LogP contribution in [0.5, 0.6) is 0 Å². The van der Waals surface area contributed by atoms with E-state index in [1.807, 2.05) is 38.1 Å². The van der Waals surface area contributed by atoms with Crippen LogP contribution in [0, 0.1) is 5.92 Å². The zero-order valence-corrected chi connectivity index (χ0v) is 12.4. The number of para-hydroxylation sites is 1. The van der Waals surface area contributed by atoms with Crippen molar-refractivity contribution >= 4 is 17.6 Å². The second kappa shape index (κ2) is 7.65. The standard InChI is InChI=1S/C15H22N2O3/c1-10(2)14(15(19)20-4)16-9-12-7-5-6-8-13(12)17-11(3)18/h5-8,10,14,16H,9H2,1-4H3,(H,17,18). The molecule has 1 rings (SSSR count). The van der Waals surface area contributed by atoms with E-state index in [4.69, 9.17) is 4.74 Å². The highest BCUT2D eigenvalue weighted by Crippen LogP contribution is 2.15. The molecule has 1 atom stereocenters. The first kappa shape index (κ1) is 16.2. The number of ether oxygens (including phenoxy) is 1. The van der Waals surface area contributed by atoms with Crippen molar-refractivity contribution in [2.45, 2.75) is 33.4 Å². The molecule has 20 heavy (non-hydrogen) atoms. The van der Waals surface area contributed by atoms with Gasteiger partial charge in [0.2, 0.25) is 5.91 Å². The average molecular weight is 278 g/mol. The Hall–Kier alpha value is -1.88. The highest BCUT2D eigenvalue weighted by atomic mass is 16.5. The molecule has 0 aliphatic heterocycles. The van der Waals surface area contributed by atoms with Gasteiger partial charge in [0.25, 0.3) is 0 Å². The summed E-state index contributed by atoms with van der Waals surface area (Å²) in [6, 6.07) is 7.12. The van der Waals surface area contributed by atoms with Gasteiger partial charge in [-0.05, 0) is 17.5 Å². The van der Waals surface area contributed by atoms with E-state index in [0.29, 0.717) is 6.54 Å². The predicted molar refractivity (Wildman–Crippen MR) is 78.2 cm³/mol. The summed E-state index contributed by atoms with van der Waals surface area (Å²) >= 11 is 0. The zero-order chi connectivity index (χ0) is 15.1. The highest BCUT2D eigenvalue weighted by molar-refractivity contribution is 5.89. The Kier molecular flexibility index (Phi) is 6.18. The molecule has 1 amide bonds. The monoisotopic (exact) mass is 278 g/mol. The molecule has 0 spiro atoms. The molecule has 5 heteroatoms. The van der Waals surface area contributed by atoms with Crippen molar-refractivity contribution in [3.8, 4) is 0 Å². The van der Waals surface area contributed by atoms with Crippen LogP contribution in [0.2, 0.25) is 0 Å². The summed E-state index contributed by atoms with van der Waals surface area (Å²) < 4.78 is 4.79. The fourth-order valence-electron chi connectivity index (χ4n) is 1.92. The molecule has 5 nitrogen and oxygen atoms in total. The Morgan fingerprint density at radius 3 is 2.45 bits per heavy atom. The molecule has 1 unspecified atom stereocenters. The van der Waals surface area contributed by atoms with Crippen molar-refractivity contribution in [1.82, 2.24) is 5.32 Å². The van der Waals surface area contributed by atoms with E-state index < -0.39 is 0 Å². The second-order valence-corrected chi connectivity index (χ2v) is 4.96. The van der Waals surface area contributed by atoms with Crippen LogP contribution in [-0.4, -0.2) is 25.0 Å². The minimum Gasteiger partial charge on any atom is -0.468 e. The highest BCUT2D eigenvalue weighted by Gasteiger charge is 2.22. The quantitative estimate of drug-likeness (QED) is 0.780. The molecule has 0 bridgehead atoms. The molecule has 0 aliphatic carbocycles. The van der Waals surface area contributed by atoms with Crippen LogP contribution >= 0.6 is 0 Å². The molecule has 2 N–H and O–H groups in total. The molecule has 0 aliphatic rings. The minimum atomic E-state index is -0.370. The third kappa shape index (κ3) is 4.66. The maximum Gasteiger partial charge on any atom is 0.323 e. The molecule has 0 radical (unpaired) electrons. The molecule has 1 aromatic rings. The largest absolute Gasteiger partial charge is 0.468 e. The van der Waals surface area contributed by atoms with E-state index in [1.54, 1.807) is 0 Å². The van der Waals surface area contributed by atoms with E-state index in [1.165, 1.54) is 14.0 Å². The molecule has 0 saturated heterocycles. The summed E-state index contributed by atoms with van der Waals surface area (Å²) in [5.74, 6) is -0.279. The Morgan fingerprint density at radius 2 is 1.90 bits per heavy atom. The maximum absolute atomic E-state index is 11.7. The average Bonchev–Trinajstić information content (AvgIpc) is 2.39. The van der Waals surface area contributed by atoms with Crippen LogP contribution in [0.25, 0.3) is 0 Å². The Morgan fingerprint density at radius 1 is 1.25 bits per heavy atom. The van der Waals surface area contributed by atoms with Crippen molar-refractivity contribution in [3.63, 3.8) is 0 Å². The van der Waals surface area contributed by atoms with Gasteiger partial charge in [0, 0.05) is 19.2 Å². The number of hydrogen-bond donors (Lipinski definition) is 2. The van der Waals surface area contributed by atoms with E-state index in [2.05, 4.69) is 10.6 Å². The molecule has 0 saturated carbocycles. The van der Waals surface area contributed by atoms with Gasteiger partial charge in [-0.1, -0.05) is 32.0 Å². The number of esters is 1. The summed E-state index contributed by atoms with van der Waals surface area (Å²) in [5.41, 5.74) is 1.68. The van der Waals surface area contributed by atoms with Gasteiger partial charge in [-0.3, -0.25) is 14.9 Å². The number of carbonyl (C=O) groups excluding carboxylic acids is 2. The smallest absolute Gasteiger partial charge is 0.323 e. The van der Waals surface area contributed by atoms with Gasteiger partial charge in [-0.15, -0.1) is 0 Å². The van der Waals surface area contributed by atoms with E-state index in [9.17, 15) is 9.59 Å². The van der Waals surface area contributed by atoms with Crippen molar-refractivity contribution in [2.24, 2.45) is 5.92 Å². The number of benzene rings is 1. The Labute approximate surface area is 119 Å². The van der Waals surface area contributed by atoms with Gasteiger partial charge in [-0.25, -0.2) is 0 Å². The topological polar surface area (TPSA) is 67.4 Å². The molecule has 110 valence electrons. The molecule has 0 heterocycles. The lowest BCUT2D eigenvalue weighted by molar-refractivity contribution is -0.144. The second-order valence-electron chi connectivity index (χ2n) is 4.96. The number of carbonyl (C=O) groups is 2. The van der Waals surface area contributed by atoms with Crippen molar-refractivity contribution < 1.29 is 14.3 Å². The van der Waals surface area contributed by atoms with Crippen LogP contribution < -0.4 is 10.6 Å². The third-order valence-electron chi connectivity index (χ3n) is 2.96. The van der Waals surface area contributed by atoms with Crippen LogP contribution in [0.4, 0.5) is 5.69 Å². The lowest BCUT2D eigenvalue weighted by Gasteiger charge is -2.20. The normalized spacial score (nSPS) is 12.1. The fraction of sp³-hybridized carbons (Fsp3) is 0.467. The zero-order valence-electron chi connectivity index (χ0n) is 12.4. The van der Waals surface area contributed by atoms with Gasteiger partial charge in [0.05, 0.1) is 7.11 Å². The van der Waals surface area contributed by atoms with E-state index in [0.717, 1.165) is 11.3 Å². The molecule has 0 aromatic heterocycles. The number of hydrogen-bond acceptors (Lipinski definition) is 4. The lowest BCUT2D eigenvalue weighted by Crippen LogP contribution is -2.41. The summed E-state index contributed by atoms with van der Waals surface area (Å²) in [5, 5.41) is 5.95. The van der Waals surface area contributed by atoms with Crippen LogP contribution in [0.15, 0.2) is 24.3 Å². The number of rotatable bonds is 6.